The van der Waals surface area contributed by atoms with E-state index < -0.39 is 17.4 Å². The molecular formula is C14H11Br2N3O5. The van der Waals surface area contributed by atoms with Gasteiger partial charge in [0.15, 0.2) is 17.0 Å². The smallest absolute Gasteiger partial charge is 0.311 e. The normalized spacial score (nSPS) is 10.8. The summed E-state index contributed by atoms with van der Waals surface area (Å²) in [6, 6.07) is 6.14. The van der Waals surface area contributed by atoms with Crippen LogP contribution < -0.4 is 10.2 Å². The molecule has 0 spiro atoms. The van der Waals surface area contributed by atoms with E-state index in [4.69, 9.17) is 9.15 Å². The van der Waals surface area contributed by atoms with Crippen molar-refractivity contribution in [3.8, 4) is 5.75 Å². The minimum absolute atomic E-state index is 0.0172. The van der Waals surface area contributed by atoms with Gasteiger partial charge in [-0.2, -0.15) is 5.10 Å². The molecule has 0 radical (unpaired) electrons. The number of nitrogens with one attached hydrogen (secondary N) is 1. The quantitative estimate of drug-likeness (QED) is 0.403. The molecular weight excluding hydrogens is 450 g/mol. The Kier molecular flexibility index (Phi) is 6.10. The fraction of sp³-hybridized carbons (Fsp3) is 0.143. The molecule has 0 saturated carbocycles. The molecule has 1 aromatic heterocycles. The second kappa shape index (κ2) is 8.06. The van der Waals surface area contributed by atoms with Crippen LogP contribution in [0.5, 0.6) is 5.75 Å². The number of furan rings is 1. The zero-order valence-electron chi connectivity index (χ0n) is 12.3. The van der Waals surface area contributed by atoms with Crippen molar-refractivity contribution < 1.29 is 18.9 Å². The van der Waals surface area contributed by atoms with Gasteiger partial charge < -0.3 is 9.15 Å². The Bertz CT molecular complexity index is 784. The molecule has 126 valence electrons. The highest BCUT2D eigenvalue weighted by molar-refractivity contribution is 9.13. The second-order valence-corrected chi connectivity index (χ2v) is 6.16. The van der Waals surface area contributed by atoms with Crippen molar-refractivity contribution in [2.45, 2.75) is 6.92 Å². The van der Waals surface area contributed by atoms with Crippen LogP contribution in [0, 0.1) is 17.0 Å². The number of nitrogens with zero attached hydrogens (tertiary/aromatic N) is 2. The van der Waals surface area contributed by atoms with Gasteiger partial charge in [0, 0.05) is 12.1 Å². The molecule has 24 heavy (non-hydrogen) atoms. The highest BCUT2D eigenvalue weighted by Gasteiger charge is 2.16. The van der Waals surface area contributed by atoms with Crippen LogP contribution in [0.15, 0.2) is 42.9 Å². The van der Waals surface area contributed by atoms with Crippen molar-refractivity contribution in [1.82, 2.24) is 5.43 Å². The van der Waals surface area contributed by atoms with Crippen LogP contribution in [-0.2, 0) is 4.79 Å². The van der Waals surface area contributed by atoms with E-state index in [1.54, 1.807) is 19.1 Å². The molecule has 0 aliphatic heterocycles. The number of ether oxygens (including phenoxy) is 1. The lowest BCUT2D eigenvalue weighted by molar-refractivity contribution is -0.385. The number of carbonyl (C=O) groups excluding carboxylic acids is 1. The average Bonchev–Trinajstić information content (AvgIpc) is 2.84. The lowest BCUT2D eigenvalue weighted by atomic mass is 10.2. The number of nitro benzene ring substituents is 1. The van der Waals surface area contributed by atoms with Crippen LogP contribution in [0.3, 0.4) is 0 Å². The van der Waals surface area contributed by atoms with Crippen LogP contribution >= 0.6 is 31.9 Å². The topological polar surface area (TPSA) is 107 Å². The van der Waals surface area contributed by atoms with Crippen molar-refractivity contribution >= 4 is 49.7 Å². The van der Waals surface area contributed by atoms with Gasteiger partial charge in [-0.15, -0.1) is 0 Å². The van der Waals surface area contributed by atoms with Crippen LogP contribution in [0.25, 0.3) is 0 Å². The number of benzene rings is 1. The van der Waals surface area contributed by atoms with E-state index in [-0.39, 0.29) is 11.4 Å². The van der Waals surface area contributed by atoms with Crippen molar-refractivity contribution in [1.29, 1.82) is 0 Å². The van der Waals surface area contributed by atoms with Crippen LogP contribution in [-0.4, -0.2) is 23.7 Å². The molecule has 2 aromatic rings. The van der Waals surface area contributed by atoms with E-state index in [1.165, 1.54) is 18.3 Å². The third kappa shape index (κ3) is 4.90. The van der Waals surface area contributed by atoms with Gasteiger partial charge >= 0.3 is 5.69 Å². The molecule has 0 saturated heterocycles. The van der Waals surface area contributed by atoms with Gasteiger partial charge in [-0.3, -0.25) is 14.9 Å². The first kappa shape index (κ1) is 18.1. The molecule has 1 amide bonds. The summed E-state index contributed by atoms with van der Waals surface area (Å²) in [5.41, 5.74) is 2.76. The molecule has 10 heteroatoms. The first-order chi connectivity index (χ1) is 11.4. The maximum absolute atomic E-state index is 11.7. The summed E-state index contributed by atoms with van der Waals surface area (Å²) in [4.78, 5) is 22.1. The molecule has 2 rings (SSSR count). The van der Waals surface area contributed by atoms with E-state index in [0.29, 0.717) is 14.9 Å². The molecule has 0 unspecified atom stereocenters. The number of amides is 1. The molecule has 1 N–H and O–H groups in total. The summed E-state index contributed by atoms with van der Waals surface area (Å²) >= 11 is 6.42. The number of nitro groups is 1. The maximum Gasteiger partial charge on any atom is 0.311 e. The van der Waals surface area contributed by atoms with E-state index in [2.05, 4.69) is 42.4 Å². The van der Waals surface area contributed by atoms with Crippen molar-refractivity contribution in [2.24, 2.45) is 5.10 Å². The summed E-state index contributed by atoms with van der Waals surface area (Å²) < 4.78 is 11.6. The van der Waals surface area contributed by atoms with Crippen LogP contribution in [0.2, 0.25) is 0 Å². The first-order valence-electron chi connectivity index (χ1n) is 6.51. The molecule has 1 heterocycles. The molecule has 0 aliphatic carbocycles. The summed E-state index contributed by atoms with van der Waals surface area (Å²) in [5, 5.41) is 14.7. The first-order valence-corrected chi connectivity index (χ1v) is 8.10. The van der Waals surface area contributed by atoms with E-state index in [1.807, 2.05) is 0 Å². The number of carbonyl (C=O) groups is 1. The van der Waals surface area contributed by atoms with Gasteiger partial charge in [0.25, 0.3) is 5.91 Å². The maximum atomic E-state index is 11.7. The van der Waals surface area contributed by atoms with Gasteiger partial charge in [0.1, 0.15) is 5.76 Å². The van der Waals surface area contributed by atoms with Crippen LogP contribution in [0.4, 0.5) is 5.69 Å². The van der Waals surface area contributed by atoms with Gasteiger partial charge in [0.2, 0.25) is 0 Å². The standard InChI is InChI=1S/C14H11Br2N3O5/c1-8-2-3-12(11(4-8)19(21)22)23-7-13(20)18-17-6-9-5-10(15)14(16)24-9/h2-6H,7H2,1H3,(H,18,20)/b17-6-. The Morgan fingerprint density at radius 1 is 1.46 bits per heavy atom. The summed E-state index contributed by atoms with van der Waals surface area (Å²) in [6.45, 7) is 1.32. The predicted molar refractivity (Wildman–Crippen MR) is 93.2 cm³/mol. The van der Waals surface area contributed by atoms with Crippen molar-refractivity contribution in [2.75, 3.05) is 6.61 Å². The van der Waals surface area contributed by atoms with Crippen LogP contribution in [0.1, 0.15) is 11.3 Å². The Morgan fingerprint density at radius 3 is 2.83 bits per heavy atom. The minimum atomic E-state index is -0.564. The Balaban J connectivity index is 1.90. The van der Waals surface area contributed by atoms with E-state index >= 15 is 0 Å². The molecule has 0 fully saturated rings. The zero-order valence-corrected chi connectivity index (χ0v) is 15.5. The number of hydrogen-bond acceptors (Lipinski definition) is 6. The highest BCUT2D eigenvalue weighted by Crippen LogP contribution is 2.27. The minimum Gasteiger partial charge on any atom is -0.477 e. The number of hydrogen-bond donors (Lipinski definition) is 1. The summed E-state index contributed by atoms with van der Waals surface area (Å²) in [5.74, 6) is -0.126. The Hall–Kier alpha value is -2.20. The number of halogens is 2. The van der Waals surface area contributed by atoms with Gasteiger partial charge in [-0.05, 0) is 50.4 Å². The fourth-order valence-electron chi connectivity index (χ4n) is 1.66. The lowest BCUT2D eigenvalue weighted by Gasteiger charge is -2.06. The molecule has 8 nitrogen and oxygen atoms in total. The number of aryl methyl sites for hydroxylation is 1. The third-order valence-electron chi connectivity index (χ3n) is 2.72. The fourth-order valence-corrected chi connectivity index (χ4v) is 2.27. The molecule has 1 aromatic carbocycles. The molecule has 0 atom stereocenters. The molecule has 0 aliphatic rings. The van der Waals surface area contributed by atoms with Crippen molar-refractivity contribution in [3.63, 3.8) is 0 Å². The second-order valence-electron chi connectivity index (χ2n) is 4.58. The third-order valence-corrected chi connectivity index (χ3v) is 4.43. The average molecular weight is 461 g/mol. The monoisotopic (exact) mass is 459 g/mol. The Labute approximate surface area is 153 Å². The molecule has 0 bridgehead atoms. The predicted octanol–water partition coefficient (Wildman–Crippen LogP) is 3.55. The SMILES string of the molecule is Cc1ccc(OCC(=O)N/N=C\c2cc(Br)c(Br)o2)c([N+](=O)[O-])c1. The van der Waals surface area contributed by atoms with Crippen molar-refractivity contribution in [3.05, 3.63) is 54.8 Å². The summed E-state index contributed by atoms with van der Waals surface area (Å²) in [6.07, 6.45) is 1.31. The number of hydrazone groups is 1. The van der Waals surface area contributed by atoms with E-state index in [9.17, 15) is 14.9 Å². The zero-order chi connectivity index (χ0) is 17.7. The van der Waals surface area contributed by atoms with E-state index in [0.717, 1.165) is 5.56 Å². The number of rotatable bonds is 6. The Morgan fingerprint density at radius 2 is 2.21 bits per heavy atom. The highest BCUT2D eigenvalue weighted by atomic mass is 79.9. The largest absolute Gasteiger partial charge is 0.477 e. The van der Waals surface area contributed by atoms with Gasteiger partial charge in [-0.25, -0.2) is 5.43 Å². The van der Waals surface area contributed by atoms with Gasteiger partial charge in [-0.1, -0.05) is 6.07 Å². The summed E-state index contributed by atoms with van der Waals surface area (Å²) in [7, 11) is 0. The lowest BCUT2D eigenvalue weighted by Crippen LogP contribution is -2.24. The van der Waals surface area contributed by atoms with Gasteiger partial charge in [0.05, 0.1) is 15.6 Å².